The summed E-state index contributed by atoms with van der Waals surface area (Å²) in [6.45, 7) is 2.14. The summed E-state index contributed by atoms with van der Waals surface area (Å²) in [6.07, 6.45) is -1.62. The third-order valence-corrected chi connectivity index (χ3v) is 5.75. The van der Waals surface area contributed by atoms with Crippen LogP contribution in [0.15, 0.2) is 60.8 Å². The smallest absolute Gasteiger partial charge is 0.330 e. The number of halogens is 3. The molecule has 1 amide bonds. The molecule has 0 aliphatic carbocycles. The maximum atomic E-state index is 13.4. The molecule has 9 heteroatoms. The second-order valence-corrected chi connectivity index (χ2v) is 8.02. The van der Waals surface area contributed by atoms with E-state index in [1.807, 2.05) is 37.4 Å². The van der Waals surface area contributed by atoms with Crippen molar-refractivity contribution < 1.29 is 18.0 Å². The third-order valence-electron chi connectivity index (χ3n) is 5.75. The van der Waals surface area contributed by atoms with Crippen molar-refractivity contribution in [2.75, 3.05) is 20.1 Å². The van der Waals surface area contributed by atoms with Crippen molar-refractivity contribution in [2.24, 2.45) is 0 Å². The molecule has 6 nitrogen and oxygen atoms in total. The summed E-state index contributed by atoms with van der Waals surface area (Å²) in [7, 11) is 2.04. The Hall–Kier alpha value is -3.20. The second-order valence-electron chi connectivity index (χ2n) is 8.02. The summed E-state index contributed by atoms with van der Waals surface area (Å²) < 4.78 is 41.2. The molecule has 1 fully saturated rings. The monoisotopic (exact) mass is 443 g/mol. The molecule has 0 radical (unpaired) electrons. The van der Waals surface area contributed by atoms with Crippen LogP contribution in [0.3, 0.4) is 0 Å². The number of rotatable bonds is 5. The van der Waals surface area contributed by atoms with Crippen LogP contribution in [0.4, 0.5) is 13.2 Å². The zero-order chi connectivity index (χ0) is 22.7. The van der Waals surface area contributed by atoms with Gasteiger partial charge in [0.15, 0.2) is 5.69 Å². The van der Waals surface area contributed by atoms with Gasteiger partial charge in [-0.25, -0.2) is 4.68 Å². The summed E-state index contributed by atoms with van der Waals surface area (Å²) in [6, 6.07) is 14.8. The summed E-state index contributed by atoms with van der Waals surface area (Å²) in [5.74, 6) is -0.334. The molecule has 0 atom stereocenters. The topological polar surface area (TPSA) is 54.3 Å². The molecule has 1 aromatic heterocycles. The van der Waals surface area contributed by atoms with E-state index in [4.69, 9.17) is 0 Å². The zero-order valence-corrected chi connectivity index (χ0v) is 17.7. The predicted octanol–water partition coefficient (Wildman–Crippen LogP) is 4.02. The molecule has 168 valence electrons. The molecular formula is C23H24F3N5O. The number of carbonyl (C=O) groups is 1. The Labute approximate surface area is 184 Å². The summed E-state index contributed by atoms with van der Waals surface area (Å²) in [5, 5.41) is 7.77. The van der Waals surface area contributed by atoms with Gasteiger partial charge in [-0.1, -0.05) is 47.7 Å². The first-order valence-electron chi connectivity index (χ1n) is 10.5. The quantitative estimate of drug-likeness (QED) is 0.598. The second kappa shape index (κ2) is 9.12. The molecule has 0 unspecified atom stereocenters. The molecule has 0 bridgehead atoms. The molecular weight excluding hydrogens is 419 g/mol. The van der Waals surface area contributed by atoms with Crippen molar-refractivity contribution in [3.8, 4) is 5.69 Å². The van der Waals surface area contributed by atoms with Crippen molar-refractivity contribution in [3.63, 3.8) is 0 Å². The van der Waals surface area contributed by atoms with Gasteiger partial charge >= 0.3 is 6.18 Å². The Kier molecular flexibility index (Phi) is 6.27. The fourth-order valence-corrected chi connectivity index (χ4v) is 3.99. The van der Waals surface area contributed by atoms with Crippen LogP contribution in [0, 0.1) is 0 Å². The van der Waals surface area contributed by atoms with E-state index >= 15 is 0 Å². The van der Waals surface area contributed by atoms with Gasteiger partial charge in [0.05, 0.1) is 17.4 Å². The van der Waals surface area contributed by atoms with Gasteiger partial charge in [-0.15, -0.1) is 5.10 Å². The van der Waals surface area contributed by atoms with Crippen LogP contribution in [-0.4, -0.2) is 56.9 Å². The van der Waals surface area contributed by atoms with Crippen molar-refractivity contribution >= 4 is 5.91 Å². The first kappa shape index (κ1) is 22.0. The third kappa shape index (κ3) is 4.83. The summed E-state index contributed by atoms with van der Waals surface area (Å²) >= 11 is 0. The molecule has 0 saturated carbocycles. The maximum Gasteiger partial charge on any atom is 0.418 e. The lowest BCUT2D eigenvalue weighted by atomic mass is 10.0. The minimum Gasteiger partial charge on any atom is -0.330 e. The van der Waals surface area contributed by atoms with E-state index in [1.54, 1.807) is 4.90 Å². The first-order chi connectivity index (χ1) is 15.3. The molecule has 2 heterocycles. The lowest BCUT2D eigenvalue weighted by Gasteiger charge is -2.37. The number of alkyl halides is 3. The highest BCUT2D eigenvalue weighted by atomic mass is 19.4. The molecule has 3 aromatic rings. The minimum absolute atomic E-state index is 0.0199. The van der Waals surface area contributed by atoms with Crippen LogP contribution in [-0.2, 0) is 12.7 Å². The number of hydrogen-bond acceptors (Lipinski definition) is 4. The molecule has 0 spiro atoms. The number of amides is 1. The fraction of sp³-hybridized carbons (Fsp3) is 0.348. The highest BCUT2D eigenvalue weighted by Gasteiger charge is 2.34. The van der Waals surface area contributed by atoms with Crippen molar-refractivity contribution in [2.45, 2.75) is 31.6 Å². The van der Waals surface area contributed by atoms with Gasteiger partial charge in [-0.05, 0) is 50.7 Å². The van der Waals surface area contributed by atoms with Crippen LogP contribution in [0.25, 0.3) is 5.69 Å². The van der Waals surface area contributed by atoms with Gasteiger partial charge in [0.1, 0.15) is 0 Å². The van der Waals surface area contributed by atoms with Gasteiger partial charge in [0, 0.05) is 12.6 Å². The van der Waals surface area contributed by atoms with E-state index in [2.05, 4.69) is 15.2 Å². The molecule has 32 heavy (non-hydrogen) atoms. The van der Waals surface area contributed by atoms with Crippen LogP contribution in [0.1, 0.15) is 34.5 Å². The SMILES string of the molecule is CN1CCC(N(Cc2ccccc2)C(=O)c2cn(-c3ccccc3C(F)(F)F)nn2)CC1. The number of carbonyl (C=O) groups excluding carboxylic acids is 1. The van der Waals surface area contributed by atoms with Gasteiger partial charge in [0.2, 0.25) is 0 Å². The first-order valence-corrected chi connectivity index (χ1v) is 10.5. The normalized spacial score (nSPS) is 15.6. The van der Waals surface area contributed by atoms with Gasteiger partial charge < -0.3 is 9.80 Å². The van der Waals surface area contributed by atoms with Crippen LogP contribution < -0.4 is 0 Å². The molecule has 1 aliphatic heterocycles. The number of hydrogen-bond donors (Lipinski definition) is 0. The molecule has 4 rings (SSSR count). The van der Waals surface area contributed by atoms with Crippen molar-refractivity contribution in [1.29, 1.82) is 0 Å². The Balaban J connectivity index is 1.63. The van der Waals surface area contributed by atoms with Crippen molar-refractivity contribution in [1.82, 2.24) is 24.8 Å². The van der Waals surface area contributed by atoms with Crippen LogP contribution in [0.2, 0.25) is 0 Å². The maximum absolute atomic E-state index is 13.4. The lowest BCUT2D eigenvalue weighted by molar-refractivity contribution is -0.137. The van der Waals surface area contributed by atoms with Crippen LogP contribution in [0.5, 0.6) is 0 Å². The number of para-hydroxylation sites is 1. The highest BCUT2D eigenvalue weighted by molar-refractivity contribution is 5.92. The van der Waals surface area contributed by atoms with E-state index in [-0.39, 0.29) is 23.3 Å². The van der Waals surface area contributed by atoms with E-state index in [0.717, 1.165) is 42.2 Å². The highest BCUT2D eigenvalue weighted by Crippen LogP contribution is 2.33. The predicted molar refractivity (Wildman–Crippen MR) is 113 cm³/mol. The average Bonchev–Trinajstić information content (AvgIpc) is 3.28. The Bertz CT molecular complexity index is 1060. The number of likely N-dealkylation sites (tertiary alicyclic amines) is 1. The fourth-order valence-electron chi connectivity index (χ4n) is 3.99. The van der Waals surface area contributed by atoms with E-state index in [1.165, 1.54) is 24.4 Å². The standard InChI is InChI=1S/C23H24F3N5O/c1-29-13-11-18(12-14-29)30(15-17-7-3-2-4-8-17)22(32)20-16-31(28-27-20)21-10-6-5-9-19(21)23(24,25)26/h2-10,16,18H,11-15H2,1H3. The van der Waals surface area contributed by atoms with Gasteiger partial charge in [-0.3, -0.25) is 4.79 Å². The Morgan fingerprint density at radius 1 is 1.06 bits per heavy atom. The largest absolute Gasteiger partial charge is 0.418 e. The average molecular weight is 443 g/mol. The molecule has 1 saturated heterocycles. The number of nitrogens with zero attached hydrogens (tertiary/aromatic N) is 5. The van der Waals surface area contributed by atoms with Crippen molar-refractivity contribution in [3.05, 3.63) is 77.6 Å². The van der Waals surface area contributed by atoms with E-state index < -0.39 is 11.7 Å². The number of piperidine rings is 1. The van der Waals surface area contributed by atoms with Gasteiger partial charge in [-0.2, -0.15) is 13.2 Å². The van der Waals surface area contributed by atoms with E-state index in [0.29, 0.717) is 6.54 Å². The number of benzene rings is 2. The molecule has 0 N–H and O–H groups in total. The van der Waals surface area contributed by atoms with E-state index in [9.17, 15) is 18.0 Å². The minimum atomic E-state index is -4.54. The number of aromatic nitrogens is 3. The zero-order valence-electron chi connectivity index (χ0n) is 17.7. The Morgan fingerprint density at radius 2 is 1.72 bits per heavy atom. The molecule has 1 aliphatic rings. The van der Waals surface area contributed by atoms with Crippen LogP contribution >= 0.6 is 0 Å². The van der Waals surface area contributed by atoms with Gasteiger partial charge in [0.25, 0.3) is 5.91 Å². The molecule has 2 aromatic carbocycles. The lowest BCUT2D eigenvalue weighted by Crippen LogP contribution is -2.46. The Morgan fingerprint density at radius 3 is 2.41 bits per heavy atom. The summed E-state index contributed by atoms with van der Waals surface area (Å²) in [5.41, 5.74) is 0.00670. The summed E-state index contributed by atoms with van der Waals surface area (Å²) in [4.78, 5) is 17.4.